The molecule has 1 amide bonds. The molecule has 0 bridgehead atoms. The number of nitrogens with one attached hydrogen (secondary N) is 1. The molecule has 7 heteroatoms. The summed E-state index contributed by atoms with van der Waals surface area (Å²) in [7, 11) is 1.66. The molecule has 94 valence electrons. The molecule has 1 atom stereocenters. The number of carbonyl (C=O) groups excluding carboxylic acids is 1. The Hall–Kier alpha value is -2.05. The third kappa shape index (κ3) is 3.78. The topological polar surface area (TPSA) is 93.4 Å². The van der Waals surface area contributed by atoms with Crippen LogP contribution in [0.2, 0.25) is 0 Å². The van der Waals surface area contributed by atoms with Gasteiger partial charge in [0.15, 0.2) is 6.04 Å². The number of carboxylic acid groups (broad SMARTS) is 1. The maximum Gasteiger partial charge on any atom is 0.408 e. The van der Waals surface area contributed by atoms with Crippen molar-refractivity contribution < 1.29 is 19.4 Å². The number of aliphatic carboxylic acids is 1. The number of nitrogens with zero attached hydrogens (tertiary/aromatic N) is 2. The molecule has 1 heterocycles. The summed E-state index contributed by atoms with van der Waals surface area (Å²) in [5.74, 6) is -1.17. The molecule has 7 nitrogen and oxygen atoms in total. The van der Waals surface area contributed by atoms with E-state index in [0.29, 0.717) is 5.56 Å². The average molecular weight is 241 g/mol. The van der Waals surface area contributed by atoms with Gasteiger partial charge < -0.3 is 15.2 Å². The van der Waals surface area contributed by atoms with Gasteiger partial charge in [-0.1, -0.05) is 0 Å². The van der Waals surface area contributed by atoms with E-state index in [1.807, 2.05) is 0 Å². The van der Waals surface area contributed by atoms with Crippen molar-refractivity contribution in [1.29, 1.82) is 0 Å². The number of hydrogen-bond donors (Lipinski definition) is 2. The van der Waals surface area contributed by atoms with E-state index in [4.69, 9.17) is 9.84 Å². The molecule has 0 saturated heterocycles. The van der Waals surface area contributed by atoms with Crippen molar-refractivity contribution >= 4 is 12.1 Å². The highest BCUT2D eigenvalue weighted by Crippen LogP contribution is 2.12. The first-order valence-electron chi connectivity index (χ1n) is 5.08. The van der Waals surface area contributed by atoms with Crippen LogP contribution in [0.5, 0.6) is 0 Å². The van der Waals surface area contributed by atoms with Crippen LogP contribution in [-0.4, -0.2) is 33.1 Å². The van der Waals surface area contributed by atoms with Crippen molar-refractivity contribution in [3.63, 3.8) is 0 Å². The monoisotopic (exact) mass is 241 g/mol. The van der Waals surface area contributed by atoms with Crippen molar-refractivity contribution in [2.24, 2.45) is 7.05 Å². The van der Waals surface area contributed by atoms with E-state index in [1.54, 1.807) is 20.9 Å². The minimum Gasteiger partial charge on any atom is -0.479 e. The lowest BCUT2D eigenvalue weighted by atomic mass is 10.2. The Morgan fingerprint density at radius 2 is 2.18 bits per heavy atom. The van der Waals surface area contributed by atoms with Gasteiger partial charge in [-0.05, 0) is 13.8 Å². The fraction of sp³-hybridized carbons (Fsp3) is 0.500. The summed E-state index contributed by atoms with van der Waals surface area (Å²) in [6, 6.07) is -1.16. The molecule has 0 fully saturated rings. The molecule has 0 aliphatic rings. The summed E-state index contributed by atoms with van der Waals surface area (Å²) in [6.45, 7) is 3.36. The molecule has 0 aliphatic heterocycles. The molecular formula is C10H15N3O4. The SMILES string of the molecule is CC(C)OC(=O)NC(C(=O)O)c1cnn(C)c1. The zero-order valence-corrected chi connectivity index (χ0v) is 9.88. The molecular weight excluding hydrogens is 226 g/mol. The number of aromatic nitrogens is 2. The van der Waals surface area contributed by atoms with Crippen molar-refractivity contribution in [3.05, 3.63) is 18.0 Å². The van der Waals surface area contributed by atoms with E-state index >= 15 is 0 Å². The summed E-state index contributed by atoms with van der Waals surface area (Å²) in [5.41, 5.74) is 0.390. The second-order valence-electron chi connectivity index (χ2n) is 3.82. The Kier molecular flexibility index (Phi) is 4.08. The van der Waals surface area contributed by atoms with Crippen molar-refractivity contribution in [3.8, 4) is 0 Å². The van der Waals surface area contributed by atoms with Gasteiger partial charge in [-0.25, -0.2) is 9.59 Å². The lowest BCUT2D eigenvalue weighted by molar-refractivity contribution is -0.139. The maximum absolute atomic E-state index is 11.3. The summed E-state index contributed by atoms with van der Waals surface area (Å²) < 4.78 is 6.28. The predicted octanol–water partition coefficient (Wildman–Crippen LogP) is 0.680. The minimum atomic E-state index is -1.17. The van der Waals surface area contributed by atoms with Crippen LogP contribution in [0.25, 0.3) is 0 Å². The molecule has 17 heavy (non-hydrogen) atoms. The van der Waals surface area contributed by atoms with Gasteiger partial charge in [-0.15, -0.1) is 0 Å². The van der Waals surface area contributed by atoms with E-state index in [-0.39, 0.29) is 6.10 Å². The number of carboxylic acids is 1. The molecule has 0 radical (unpaired) electrons. The van der Waals surface area contributed by atoms with Gasteiger partial charge >= 0.3 is 12.1 Å². The van der Waals surface area contributed by atoms with Gasteiger partial charge in [0.05, 0.1) is 12.3 Å². The fourth-order valence-corrected chi connectivity index (χ4v) is 1.24. The smallest absolute Gasteiger partial charge is 0.408 e. The standard InChI is InChI=1S/C10H15N3O4/c1-6(2)17-10(16)12-8(9(14)15)7-4-11-13(3)5-7/h4-6,8H,1-3H3,(H,12,16)(H,14,15). The second-order valence-corrected chi connectivity index (χ2v) is 3.82. The van der Waals surface area contributed by atoms with Gasteiger partial charge in [0, 0.05) is 18.8 Å². The maximum atomic E-state index is 11.3. The van der Waals surface area contributed by atoms with E-state index in [0.717, 1.165) is 0 Å². The van der Waals surface area contributed by atoms with E-state index in [9.17, 15) is 9.59 Å². The lowest BCUT2D eigenvalue weighted by Crippen LogP contribution is -2.35. The highest BCUT2D eigenvalue weighted by Gasteiger charge is 2.24. The summed E-state index contributed by atoms with van der Waals surface area (Å²) in [4.78, 5) is 22.3. The number of ether oxygens (including phenoxy) is 1. The molecule has 0 aromatic carbocycles. The van der Waals surface area contributed by atoms with E-state index in [1.165, 1.54) is 17.1 Å². The lowest BCUT2D eigenvalue weighted by Gasteiger charge is -2.14. The Morgan fingerprint density at radius 3 is 2.59 bits per heavy atom. The molecule has 1 unspecified atom stereocenters. The van der Waals surface area contributed by atoms with Gasteiger partial charge in [-0.3, -0.25) is 4.68 Å². The minimum absolute atomic E-state index is 0.307. The first kappa shape index (κ1) is 13.0. The van der Waals surface area contributed by atoms with Crippen LogP contribution in [0, 0.1) is 0 Å². The largest absolute Gasteiger partial charge is 0.479 e. The quantitative estimate of drug-likeness (QED) is 0.808. The van der Waals surface area contributed by atoms with E-state index < -0.39 is 18.1 Å². The Morgan fingerprint density at radius 1 is 1.53 bits per heavy atom. The third-order valence-electron chi connectivity index (χ3n) is 1.91. The van der Waals surface area contributed by atoms with Gasteiger partial charge in [0.1, 0.15) is 0 Å². The molecule has 0 aliphatic carbocycles. The summed E-state index contributed by atoms with van der Waals surface area (Å²) >= 11 is 0. The number of rotatable bonds is 4. The Balaban J connectivity index is 2.74. The molecule has 1 rings (SSSR count). The Labute approximate surface area is 98.4 Å². The van der Waals surface area contributed by atoms with Gasteiger partial charge in [0.2, 0.25) is 0 Å². The zero-order valence-electron chi connectivity index (χ0n) is 9.88. The molecule has 2 N–H and O–H groups in total. The summed E-state index contributed by atoms with van der Waals surface area (Å²) in [5, 5.41) is 15.1. The predicted molar refractivity (Wildman–Crippen MR) is 58.3 cm³/mol. The van der Waals surface area contributed by atoms with Crippen molar-refractivity contribution in [1.82, 2.24) is 15.1 Å². The van der Waals surface area contributed by atoms with Crippen LogP contribution in [-0.2, 0) is 16.6 Å². The highest BCUT2D eigenvalue weighted by atomic mass is 16.6. The number of hydrogen-bond acceptors (Lipinski definition) is 4. The van der Waals surface area contributed by atoms with Crippen molar-refractivity contribution in [2.45, 2.75) is 26.0 Å². The van der Waals surface area contributed by atoms with Crippen LogP contribution in [0.3, 0.4) is 0 Å². The number of aryl methyl sites for hydroxylation is 1. The first-order chi connectivity index (χ1) is 7.90. The fourth-order valence-electron chi connectivity index (χ4n) is 1.24. The number of carbonyl (C=O) groups is 2. The molecule has 0 saturated carbocycles. The van der Waals surface area contributed by atoms with Crippen LogP contribution in [0.4, 0.5) is 4.79 Å². The molecule has 0 spiro atoms. The summed E-state index contributed by atoms with van der Waals surface area (Å²) in [6.07, 6.45) is 1.83. The molecule has 1 aromatic rings. The number of alkyl carbamates (subject to hydrolysis) is 1. The third-order valence-corrected chi connectivity index (χ3v) is 1.91. The van der Waals surface area contributed by atoms with E-state index in [2.05, 4.69) is 10.4 Å². The van der Waals surface area contributed by atoms with Gasteiger partial charge in [0.25, 0.3) is 0 Å². The van der Waals surface area contributed by atoms with Crippen LogP contribution in [0.15, 0.2) is 12.4 Å². The van der Waals surface area contributed by atoms with Gasteiger partial charge in [-0.2, -0.15) is 5.10 Å². The van der Waals surface area contributed by atoms with Crippen LogP contribution < -0.4 is 5.32 Å². The van der Waals surface area contributed by atoms with Crippen molar-refractivity contribution in [2.75, 3.05) is 0 Å². The zero-order chi connectivity index (χ0) is 13.0. The molecule has 1 aromatic heterocycles. The average Bonchev–Trinajstić information content (AvgIpc) is 2.59. The second kappa shape index (κ2) is 5.33. The van der Waals surface area contributed by atoms with Crippen LogP contribution >= 0.6 is 0 Å². The highest BCUT2D eigenvalue weighted by molar-refractivity contribution is 5.81. The first-order valence-corrected chi connectivity index (χ1v) is 5.08. The normalized spacial score (nSPS) is 12.2. The number of amides is 1. The Bertz CT molecular complexity index is 413. The van der Waals surface area contributed by atoms with Crippen LogP contribution in [0.1, 0.15) is 25.5 Å².